The third-order valence-electron chi connectivity index (χ3n) is 3.24. The highest BCUT2D eigenvalue weighted by Crippen LogP contribution is 2.21. The van der Waals surface area contributed by atoms with Crippen molar-refractivity contribution >= 4 is 5.69 Å². The summed E-state index contributed by atoms with van der Waals surface area (Å²) in [6.45, 7) is 5.56. The summed E-state index contributed by atoms with van der Waals surface area (Å²) in [5.74, 6) is 0.167. The van der Waals surface area contributed by atoms with Gasteiger partial charge in [-0.05, 0) is 51.1 Å². The maximum atomic E-state index is 9.37. The number of nitrogen functional groups attached to an aromatic ring is 1. The monoisotopic (exact) mass is 236 g/mol. The van der Waals surface area contributed by atoms with Crippen molar-refractivity contribution in [2.45, 2.75) is 39.2 Å². The van der Waals surface area contributed by atoms with Gasteiger partial charge in [0, 0.05) is 6.04 Å². The van der Waals surface area contributed by atoms with Gasteiger partial charge in [0.1, 0.15) is 5.75 Å². The van der Waals surface area contributed by atoms with Crippen LogP contribution in [0.2, 0.25) is 0 Å². The van der Waals surface area contributed by atoms with Gasteiger partial charge in [-0.15, -0.1) is 0 Å². The van der Waals surface area contributed by atoms with Crippen LogP contribution in [0.15, 0.2) is 18.2 Å². The molecule has 0 bridgehead atoms. The van der Waals surface area contributed by atoms with Gasteiger partial charge in [0.05, 0.1) is 5.69 Å². The minimum atomic E-state index is 0.167. The van der Waals surface area contributed by atoms with E-state index < -0.39 is 0 Å². The molecule has 1 aromatic carbocycles. The summed E-state index contributed by atoms with van der Waals surface area (Å²) in [5, 5.41) is 9.37. The summed E-state index contributed by atoms with van der Waals surface area (Å²) in [5.41, 5.74) is 7.33. The average molecular weight is 236 g/mol. The minimum Gasteiger partial charge on any atom is -0.506 e. The van der Waals surface area contributed by atoms with Crippen LogP contribution in [0.3, 0.4) is 0 Å². The van der Waals surface area contributed by atoms with Gasteiger partial charge < -0.3 is 15.7 Å². The van der Waals surface area contributed by atoms with Gasteiger partial charge in [0.15, 0.2) is 0 Å². The van der Waals surface area contributed by atoms with Gasteiger partial charge in [0.2, 0.25) is 0 Å². The quantitative estimate of drug-likeness (QED) is 0.589. The molecule has 3 heteroatoms. The first-order valence-corrected chi connectivity index (χ1v) is 6.32. The highest BCUT2D eigenvalue weighted by molar-refractivity contribution is 5.53. The van der Waals surface area contributed by atoms with Crippen LogP contribution in [0.5, 0.6) is 5.75 Å². The Hall–Kier alpha value is -1.22. The SMILES string of the molecule is CCCCN(C)C(C)Cc1ccc(O)c(N)c1. The molecule has 0 saturated heterocycles. The Bertz CT molecular complexity index is 352. The third kappa shape index (κ3) is 4.27. The number of unbranched alkanes of at least 4 members (excludes halogenated alkanes) is 1. The number of hydrogen-bond acceptors (Lipinski definition) is 3. The second kappa shape index (κ2) is 6.50. The van der Waals surface area contributed by atoms with Crippen molar-refractivity contribution in [3.8, 4) is 5.75 Å². The molecular weight excluding hydrogens is 212 g/mol. The molecule has 0 heterocycles. The van der Waals surface area contributed by atoms with E-state index >= 15 is 0 Å². The number of hydrogen-bond donors (Lipinski definition) is 2. The van der Waals surface area contributed by atoms with E-state index in [4.69, 9.17) is 5.73 Å². The molecule has 0 saturated carbocycles. The molecule has 1 atom stereocenters. The molecule has 1 unspecified atom stereocenters. The van der Waals surface area contributed by atoms with Crippen LogP contribution in [0.25, 0.3) is 0 Å². The van der Waals surface area contributed by atoms with Crippen molar-refractivity contribution in [2.24, 2.45) is 0 Å². The van der Waals surface area contributed by atoms with E-state index in [2.05, 4.69) is 25.8 Å². The Kier molecular flexibility index (Phi) is 5.29. The predicted molar refractivity (Wildman–Crippen MR) is 73.2 cm³/mol. The Labute approximate surface area is 104 Å². The van der Waals surface area contributed by atoms with Crippen LogP contribution in [0.1, 0.15) is 32.3 Å². The van der Waals surface area contributed by atoms with E-state index in [1.54, 1.807) is 6.07 Å². The van der Waals surface area contributed by atoms with Gasteiger partial charge in [-0.2, -0.15) is 0 Å². The number of phenolic OH excluding ortho intramolecular Hbond substituents is 1. The first-order valence-electron chi connectivity index (χ1n) is 6.32. The van der Waals surface area contributed by atoms with Gasteiger partial charge in [-0.25, -0.2) is 0 Å². The molecule has 0 amide bonds. The van der Waals surface area contributed by atoms with E-state index in [0.29, 0.717) is 11.7 Å². The summed E-state index contributed by atoms with van der Waals surface area (Å²) in [6.07, 6.45) is 3.42. The molecule has 1 rings (SSSR count). The van der Waals surface area contributed by atoms with Crippen molar-refractivity contribution in [2.75, 3.05) is 19.3 Å². The van der Waals surface area contributed by atoms with Crippen molar-refractivity contribution < 1.29 is 5.11 Å². The van der Waals surface area contributed by atoms with Crippen LogP contribution in [0, 0.1) is 0 Å². The van der Waals surface area contributed by atoms with Gasteiger partial charge in [0.25, 0.3) is 0 Å². The standard InChI is InChI=1S/C14H24N2O/c1-4-5-8-16(3)11(2)9-12-6-7-14(17)13(15)10-12/h6-7,10-11,17H,4-5,8-9,15H2,1-3H3. The molecule has 0 radical (unpaired) electrons. The second-order valence-electron chi connectivity index (χ2n) is 4.78. The van der Waals surface area contributed by atoms with Crippen LogP contribution in [-0.2, 0) is 6.42 Å². The Morgan fingerprint density at radius 1 is 1.41 bits per heavy atom. The summed E-state index contributed by atoms with van der Waals surface area (Å²) in [4.78, 5) is 2.37. The van der Waals surface area contributed by atoms with Crippen LogP contribution in [-0.4, -0.2) is 29.6 Å². The third-order valence-corrected chi connectivity index (χ3v) is 3.24. The molecule has 0 aliphatic rings. The number of anilines is 1. The lowest BCUT2D eigenvalue weighted by Gasteiger charge is -2.24. The van der Waals surface area contributed by atoms with Crippen LogP contribution < -0.4 is 5.73 Å². The van der Waals surface area contributed by atoms with E-state index in [1.807, 2.05) is 12.1 Å². The molecule has 0 fully saturated rings. The number of aromatic hydroxyl groups is 1. The molecule has 0 aliphatic heterocycles. The molecule has 96 valence electrons. The van der Waals surface area contributed by atoms with Gasteiger partial charge in [-0.1, -0.05) is 19.4 Å². The zero-order valence-electron chi connectivity index (χ0n) is 11.1. The zero-order valence-corrected chi connectivity index (χ0v) is 11.1. The number of nitrogens with zero attached hydrogens (tertiary/aromatic N) is 1. The number of phenols is 1. The Morgan fingerprint density at radius 2 is 2.12 bits per heavy atom. The molecule has 0 aliphatic carbocycles. The molecular formula is C14H24N2O. The highest BCUT2D eigenvalue weighted by atomic mass is 16.3. The summed E-state index contributed by atoms with van der Waals surface area (Å²) >= 11 is 0. The number of benzene rings is 1. The first-order chi connectivity index (χ1) is 8.04. The lowest BCUT2D eigenvalue weighted by atomic mass is 10.0. The molecule has 17 heavy (non-hydrogen) atoms. The highest BCUT2D eigenvalue weighted by Gasteiger charge is 2.10. The first kappa shape index (κ1) is 13.8. The second-order valence-corrected chi connectivity index (χ2v) is 4.78. The van der Waals surface area contributed by atoms with Crippen molar-refractivity contribution in [3.05, 3.63) is 23.8 Å². The van der Waals surface area contributed by atoms with Crippen molar-refractivity contribution in [3.63, 3.8) is 0 Å². The smallest absolute Gasteiger partial charge is 0.138 e. The van der Waals surface area contributed by atoms with Crippen LogP contribution in [0.4, 0.5) is 5.69 Å². The lowest BCUT2D eigenvalue weighted by molar-refractivity contribution is 0.252. The lowest BCUT2D eigenvalue weighted by Crippen LogP contribution is -2.31. The summed E-state index contributed by atoms with van der Waals surface area (Å²) in [6, 6.07) is 5.96. The number of rotatable bonds is 6. The maximum Gasteiger partial charge on any atom is 0.138 e. The average Bonchev–Trinajstić information content (AvgIpc) is 2.30. The minimum absolute atomic E-state index is 0.167. The molecule has 0 aromatic heterocycles. The fraction of sp³-hybridized carbons (Fsp3) is 0.571. The van der Waals surface area contributed by atoms with Crippen molar-refractivity contribution in [1.29, 1.82) is 0 Å². The molecule has 1 aromatic rings. The molecule has 3 N–H and O–H groups in total. The van der Waals surface area contributed by atoms with E-state index in [0.717, 1.165) is 13.0 Å². The largest absolute Gasteiger partial charge is 0.506 e. The summed E-state index contributed by atoms with van der Waals surface area (Å²) < 4.78 is 0. The Morgan fingerprint density at radius 3 is 2.71 bits per heavy atom. The topological polar surface area (TPSA) is 49.5 Å². The van der Waals surface area contributed by atoms with E-state index in [1.165, 1.54) is 18.4 Å². The van der Waals surface area contributed by atoms with Gasteiger partial charge >= 0.3 is 0 Å². The van der Waals surface area contributed by atoms with Crippen LogP contribution >= 0.6 is 0 Å². The maximum absolute atomic E-state index is 9.37. The molecule has 3 nitrogen and oxygen atoms in total. The Balaban J connectivity index is 2.55. The van der Waals surface area contributed by atoms with Gasteiger partial charge in [-0.3, -0.25) is 0 Å². The summed E-state index contributed by atoms with van der Waals surface area (Å²) in [7, 11) is 2.16. The molecule has 0 spiro atoms. The fourth-order valence-corrected chi connectivity index (χ4v) is 1.86. The van der Waals surface area contributed by atoms with Crippen molar-refractivity contribution in [1.82, 2.24) is 4.90 Å². The zero-order chi connectivity index (χ0) is 12.8. The predicted octanol–water partition coefficient (Wildman–Crippen LogP) is 2.64. The fourth-order valence-electron chi connectivity index (χ4n) is 1.86. The van der Waals surface area contributed by atoms with E-state index in [-0.39, 0.29) is 5.75 Å². The number of nitrogens with two attached hydrogens (primary N) is 1. The normalized spacial score (nSPS) is 12.9. The van der Waals surface area contributed by atoms with E-state index in [9.17, 15) is 5.11 Å². The number of likely N-dealkylation sites (N-methyl/N-ethyl adjacent to an activating group) is 1.